The lowest BCUT2D eigenvalue weighted by Crippen LogP contribution is -2.46. The molecule has 1 fully saturated rings. The largest absolute Gasteiger partial charge is 0.377 e. The Morgan fingerprint density at radius 2 is 2.20 bits per heavy atom. The van der Waals surface area contributed by atoms with Gasteiger partial charge >= 0.3 is 0 Å². The maximum Gasteiger partial charge on any atom is 0.0824 e. The van der Waals surface area contributed by atoms with E-state index in [1.165, 1.54) is 38.6 Å². The summed E-state index contributed by atoms with van der Waals surface area (Å²) in [7, 11) is 1.83. The molecular formula is C13H23NO. The lowest BCUT2D eigenvalue weighted by atomic mass is 9.96. The lowest BCUT2D eigenvalue weighted by Gasteiger charge is -2.38. The Bertz CT molecular complexity index is 257. The Morgan fingerprint density at radius 3 is 2.80 bits per heavy atom. The van der Waals surface area contributed by atoms with Crippen molar-refractivity contribution >= 4 is 0 Å². The van der Waals surface area contributed by atoms with Crippen molar-refractivity contribution in [2.24, 2.45) is 0 Å². The Labute approximate surface area is 93.3 Å². The number of likely N-dealkylation sites (tertiary alicyclic amines) is 1. The zero-order valence-corrected chi connectivity index (χ0v) is 10.3. The minimum Gasteiger partial charge on any atom is -0.377 e. The van der Waals surface area contributed by atoms with E-state index in [-0.39, 0.29) is 5.60 Å². The Kier molecular flexibility index (Phi) is 3.06. The third-order valence-corrected chi connectivity index (χ3v) is 3.97. The highest BCUT2D eigenvalue weighted by Gasteiger charge is 2.38. The van der Waals surface area contributed by atoms with Crippen LogP contribution in [0.25, 0.3) is 0 Å². The second-order valence-electron chi connectivity index (χ2n) is 5.25. The van der Waals surface area contributed by atoms with Gasteiger partial charge in [0.05, 0.1) is 11.6 Å². The van der Waals surface area contributed by atoms with E-state index in [1.807, 2.05) is 7.11 Å². The minimum atomic E-state index is -0.0140. The van der Waals surface area contributed by atoms with Crippen molar-refractivity contribution in [2.75, 3.05) is 13.7 Å². The van der Waals surface area contributed by atoms with Crippen LogP contribution >= 0.6 is 0 Å². The monoisotopic (exact) mass is 209 g/mol. The van der Waals surface area contributed by atoms with E-state index in [0.717, 1.165) is 0 Å². The summed E-state index contributed by atoms with van der Waals surface area (Å²) in [5.74, 6) is 0. The SMILES string of the molecule is COC(C)(C)[C@@H]1CCCN1C1=CCCC1. The highest BCUT2D eigenvalue weighted by atomic mass is 16.5. The molecule has 0 spiro atoms. The van der Waals surface area contributed by atoms with E-state index in [2.05, 4.69) is 24.8 Å². The average molecular weight is 209 g/mol. The molecule has 0 aromatic heterocycles. The van der Waals surface area contributed by atoms with Crippen LogP contribution in [0.5, 0.6) is 0 Å². The van der Waals surface area contributed by atoms with Crippen molar-refractivity contribution < 1.29 is 4.74 Å². The minimum absolute atomic E-state index is 0.0140. The third kappa shape index (κ3) is 2.05. The molecule has 0 unspecified atom stereocenters. The lowest BCUT2D eigenvalue weighted by molar-refractivity contribution is -0.0326. The van der Waals surface area contributed by atoms with Crippen molar-refractivity contribution in [3.8, 4) is 0 Å². The second-order valence-corrected chi connectivity index (χ2v) is 5.25. The fourth-order valence-corrected chi connectivity index (χ4v) is 2.88. The van der Waals surface area contributed by atoms with Gasteiger partial charge in [-0.25, -0.2) is 0 Å². The Morgan fingerprint density at radius 1 is 1.40 bits per heavy atom. The molecule has 0 amide bonds. The van der Waals surface area contributed by atoms with Crippen LogP contribution in [-0.2, 0) is 4.74 Å². The normalized spacial score (nSPS) is 27.3. The quantitative estimate of drug-likeness (QED) is 0.708. The third-order valence-electron chi connectivity index (χ3n) is 3.97. The molecule has 0 N–H and O–H groups in total. The predicted molar refractivity (Wildman–Crippen MR) is 62.8 cm³/mol. The van der Waals surface area contributed by atoms with Gasteiger partial charge < -0.3 is 9.64 Å². The van der Waals surface area contributed by atoms with Gasteiger partial charge in [-0.1, -0.05) is 6.08 Å². The molecule has 2 aliphatic rings. The van der Waals surface area contributed by atoms with Crippen molar-refractivity contribution in [2.45, 2.75) is 57.6 Å². The van der Waals surface area contributed by atoms with Gasteiger partial charge in [-0.3, -0.25) is 0 Å². The van der Waals surface area contributed by atoms with Crippen LogP contribution in [0.15, 0.2) is 11.8 Å². The van der Waals surface area contributed by atoms with Crippen molar-refractivity contribution in [1.29, 1.82) is 0 Å². The van der Waals surface area contributed by atoms with Crippen LogP contribution in [0.4, 0.5) is 0 Å². The standard InChI is InChI=1S/C13H23NO/c1-13(2,15-3)12-9-6-10-14(12)11-7-4-5-8-11/h7,12H,4-6,8-10H2,1-3H3/t12-/m0/s1. The van der Waals surface area contributed by atoms with Gasteiger partial charge in [-0.15, -0.1) is 0 Å². The first-order valence-electron chi connectivity index (χ1n) is 6.16. The van der Waals surface area contributed by atoms with Crippen LogP contribution < -0.4 is 0 Å². The summed E-state index contributed by atoms with van der Waals surface area (Å²) >= 11 is 0. The van der Waals surface area contributed by atoms with E-state index >= 15 is 0 Å². The number of allylic oxidation sites excluding steroid dienone is 2. The molecule has 1 heterocycles. The van der Waals surface area contributed by atoms with E-state index in [0.29, 0.717) is 6.04 Å². The van der Waals surface area contributed by atoms with E-state index < -0.39 is 0 Å². The van der Waals surface area contributed by atoms with Crippen molar-refractivity contribution in [1.82, 2.24) is 4.90 Å². The molecule has 1 saturated heterocycles. The fraction of sp³-hybridized carbons (Fsp3) is 0.846. The molecule has 0 aromatic carbocycles. The summed E-state index contributed by atoms with van der Waals surface area (Å²) in [6.07, 6.45) is 8.89. The van der Waals surface area contributed by atoms with Gasteiger partial charge in [0.1, 0.15) is 0 Å². The van der Waals surface area contributed by atoms with Crippen LogP contribution in [0.2, 0.25) is 0 Å². The van der Waals surface area contributed by atoms with Crippen LogP contribution in [0.3, 0.4) is 0 Å². The fourth-order valence-electron chi connectivity index (χ4n) is 2.88. The van der Waals surface area contributed by atoms with Gasteiger partial charge in [0.2, 0.25) is 0 Å². The molecule has 86 valence electrons. The van der Waals surface area contributed by atoms with Crippen molar-refractivity contribution in [3.63, 3.8) is 0 Å². The maximum atomic E-state index is 5.64. The van der Waals surface area contributed by atoms with Crippen LogP contribution in [0.1, 0.15) is 46.0 Å². The average Bonchev–Trinajstić information content (AvgIpc) is 2.87. The summed E-state index contributed by atoms with van der Waals surface area (Å²) in [4.78, 5) is 2.59. The van der Waals surface area contributed by atoms with E-state index in [9.17, 15) is 0 Å². The predicted octanol–water partition coefficient (Wildman–Crippen LogP) is 2.94. The summed E-state index contributed by atoms with van der Waals surface area (Å²) in [5, 5.41) is 0. The number of methoxy groups -OCH3 is 1. The molecule has 15 heavy (non-hydrogen) atoms. The number of hydrogen-bond acceptors (Lipinski definition) is 2. The van der Waals surface area contributed by atoms with Gasteiger partial charge in [0.25, 0.3) is 0 Å². The molecule has 2 rings (SSSR count). The number of hydrogen-bond donors (Lipinski definition) is 0. The summed E-state index contributed by atoms with van der Waals surface area (Å²) in [6, 6.07) is 0.576. The second kappa shape index (κ2) is 4.17. The van der Waals surface area contributed by atoms with E-state index in [4.69, 9.17) is 4.74 Å². The molecule has 1 aliphatic carbocycles. The molecule has 2 heteroatoms. The molecule has 1 atom stereocenters. The van der Waals surface area contributed by atoms with Gasteiger partial charge in [0, 0.05) is 19.4 Å². The number of ether oxygens (including phenoxy) is 1. The Balaban J connectivity index is 2.11. The molecule has 1 aliphatic heterocycles. The number of rotatable bonds is 3. The van der Waals surface area contributed by atoms with Crippen molar-refractivity contribution in [3.05, 3.63) is 11.8 Å². The molecule has 0 radical (unpaired) electrons. The molecule has 0 bridgehead atoms. The first-order valence-corrected chi connectivity index (χ1v) is 6.16. The highest BCUT2D eigenvalue weighted by Crippen LogP contribution is 2.35. The van der Waals surface area contributed by atoms with Crippen LogP contribution in [-0.4, -0.2) is 30.2 Å². The highest BCUT2D eigenvalue weighted by molar-refractivity contribution is 5.12. The number of nitrogens with zero attached hydrogens (tertiary/aromatic N) is 1. The molecule has 0 saturated carbocycles. The van der Waals surface area contributed by atoms with Gasteiger partial charge in [-0.2, -0.15) is 0 Å². The van der Waals surface area contributed by atoms with Gasteiger partial charge in [0.15, 0.2) is 0 Å². The summed E-state index contributed by atoms with van der Waals surface area (Å²) in [6.45, 7) is 5.65. The van der Waals surface area contributed by atoms with Gasteiger partial charge in [-0.05, 0) is 46.0 Å². The molecule has 2 nitrogen and oxygen atoms in total. The van der Waals surface area contributed by atoms with E-state index in [1.54, 1.807) is 5.70 Å². The summed E-state index contributed by atoms with van der Waals surface area (Å²) < 4.78 is 5.64. The molecule has 0 aromatic rings. The Hall–Kier alpha value is -0.500. The summed E-state index contributed by atoms with van der Waals surface area (Å²) in [5.41, 5.74) is 1.56. The zero-order valence-electron chi connectivity index (χ0n) is 10.3. The maximum absolute atomic E-state index is 5.64. The smallest absolute Gasteiger partial charge is 0.0824 e. The van der Waals surface area contributed by atoms with Crippen LogP contribution in [0, 0.1) is 0 Å². The molecular weight excluding hydrogens is 186 g/mol. The zero-order chi connectivity index (χ0) is 10.9. The topological polar surface area (TPSA) is 12.5 Å². The first-order chi connectivity index (χ1) is 7.15. The first kappa shape index (κ1) is 11.0.